The highest BCUT2D eigenvalue weighted by Crippen LogP contribution is 2.27. The molecule has 1 fully saturated rings. The smallest absolute Gasteiger partial charge is 0.136 e. The number of rotatable bonds is 4. The Morgan fingerprint density at radius 1 is 1.41 bits per heavy atom. The summed E-state index contributed by atoms with van der Waals surface area (Å²) in [5, 5.41) is 1.09. The lowest BCUT2D eigenvalue weighted by atomic mass is 10.1. The maximum absolute atomic E-state index is 11.5. The van der Waals surface area contributed by atoms with E-state index in [4.69, 9.17) is 0 Å². The number of aryl methyl sites for hydroxylation is 2. The summed E-state index contributed by atoms with van der Waals surface area (Å²) in [6.45, 7) is 4.12. The van der Waals surface area contributed by atoms with Crippen molar-refractivity contribution >= 4 is 17.5 Å². The second-order valence-electron chi connectivity index (χ2n) is 4.82. The van der Waals surface area contributed by atoms with Gasteiger partial charge >= 0.3 is 0 Å². The average Bonchev–Trinajstić information content (AvgIpc) is 2.63. The highest BCUT2D eigenvalue weighted by atomic mass is 32.2. The van der Waals surface area contributed by atoms with Crippen LogP contribution in [0.3, 0.4) is 0 Å². The summed E-state index contributed by atoms with van der Waals surface area (Å²) in [6, 6.07) is 4.21. The Bertz CT molecular complexity index is 396. The van der Waals surface area contributed by atoms with Crippen molar-refractivity contribution in [3.8, 4) is 0 Å². The molecule has 0 N–H and O–H groups in total. The number of hydrogen-bond donors (Lipinski definition) is 0. The molecule has 1 aromatic rings. The van der Waals surface area contributed by atoms with Gasteiger partial charge in [0.1, 0.15) is 5.78 Å². The summed E-state index contributed by atoms with van der Waals surface area (Å²) in [7, 11) is 0. The quantitative estimate of drug-likeness (QED) is 0.764. The highest BCUT2D eigenvalue weighted by Gasteiger charge is 2.23. The lowest BCUT2D eigenvalue weighted by Crippen LogP contribution is -2.07. The molecule has 0 radical (unpaired) electrons. The number of hydrogen-bond acceptors (Lipinski definition) is 3. The molecule has 1 heterocycles. The van der Waals surface area contributed by atoms with Gasteiger partial charge in [0, 0.05) is 23.8 Å². The Kier molecular flexibility index (Phi) is 4.21. The zero-order valence-corrected chi connectivity index (χ0v) is 11.3. The molecule has 0 spiro atoms. The molecule has 1 aliphatic carbocycles. The molecule has 2 nitrogen and oxygen atoms in total. The van der Waals surface area contributed by atoms with Crippen LogP contribution in [0.15, 0.2) is 17.2 Å². The van der Waals surface area contributed by atoms with Crippen molar-refractivity contribution in [3.63, 3.8) is 0 Å². The fourth-order valence-electron chi connectivity index (χ4n) is 2.38. The van der Waals surface area contributed by atoms with E-state index in [0.29, 0.717) is 11.7 Å². The van der Waals surface area contributed by atoms with Crippen LogP contribution in [0.25, 0.3) is 0 Å². The van der Waals surface area contributed by atoms with Crippen LogP contribution in [0, 0.1) is 19.8 Å². The summed E-state index contributed by atoms with van der Waals surface area (Å²) in [6.07, 6.45) is 4.00. The van der Waals surface area contributed by atoms with E-state index in [1.54, 1.807) is 11.8 Å². The largest absolute Gasteiger partial charge is 0.299 e. The second-order valence-corrected chi connectivity index (χ2v) is 5.93. The lowest BCUT2D eigenvalue weighted by Gasteiger charge is -2.07. The minimum absolute atomic E-state index is 0.327. The van der Waals surface area contributed by atoms with Gasteiger partial charge in [0.25, 0.3) is 0 Å². The number of carbonyl (C=O) groups is 1. The molecule has 17 heavy (non-hydrogen) atoms. The molecule has 0 aliphatic heterocycles. The van der Waals surface area contributed by atoms with Crippen LogP contribution in [-0.4, -0.2) is 16.5 Å². The molecular formula is C14H19NOS. The highest BCUT2D eigenvalue weighted by molar-refractivity contribution is 7.99. The number of thioether (sulfide) groups is 1. The Morgan fingerprint density at radius 3 is 2.88 bits per heavy atom. The van der Waals surface area contributed by atoms with E-state index in [2.05, 4.69) is 24.0 Å². The minimum Gasteiger partial charge on any atom is -0.299 e. The van der Waals surface area contributed by atoms with Crippen molar-refractivity contribution in [2.24, 2.45) is 5.92 Å². The molecule has 0 aromatic carbocycles. The van der Waals surface area contributed by atoms with E-state index in [9.17, 15) is 4.79 Å². The Labute approximate surface area is 107 Å². The molecule has 1 unspecified atom stereocenters. The number of pyridine rings is 1. The van der Waals surface area contributed by atoms with Crippen LogP contribution in [0.4, 0.5) is 0 Å². The van der Waals surface area contributed by atoms with Gasteiger partial charge in [-0.1, -0.05) is 0 Å². The fraction of sp³-hybridized carbons (Fsp3) is 0.571. The Morgan fingerprint density at radius 2 is 2.24 bits per heavy atom. The standard InChI is InChI=1S/C14H19NOS/c1-10-8-11(2)15-14(9-10)17-7-6-12-4-3-5-13(12)16/h8-9,12H,3-7H2,1-2H3. The topological polar surface area (TPSA) is 30.0 Å². The van der Waals surface area contributed by atoms with E-state index >= 15 is 0 Å². The first-order valence-electron chi connectivity index (χ1n) is 6.26. The average molecular weight is 249 g/mol. The Balaban J connectivity index is 1.83. The van der Waals surface area contributed by atoms with Crippen LogP contribution in [0.5, 0.6) is 0 Å². The number of Topliss-reactive ketones (excluding diaryl/α,β-unsaturated/α-hetero) is 1. The van der Waals surface area contributed by atoms with Gasteiger partial charge in [0.15, 0.2) is 0 Å². The van der Waals surface area contributed by atoms with Crippen molar-refractivity contribution in [2.45, 2.75) is 44.6 Å². The van der Waals surface area contributed by atoms with Crippen LogP contribution >= 0.6 is 11.8 Å². The molecule has 0 saturated heterocycles. The molecule has 0 amide bonds. The van der Waals surface area contributed by atoms with Gasteiger partial charge in [-0.05, 0) is 50.8 Å². The summed E-state index contributed by atoms with van der Waals surface area (Å²) in [5.41, 5.74) is 2.33. The van der Waals surface area contributed by atoms with Crippen LogP contribution in [0.1, 0.15) is 36.9 Å². The van der Waals surface area contributed by atoms with Crippen molar-refractivity contribution in [1.82, 2.24) is 4.98 Å². The monoisotopic (exact) mass is 249 g/mol. The summed E-state index contributed by atoms with van der Waals surface area (Å²) in [4.78, 5) is 16.0. The first-order valence-corrected chi connectivity index (χ1v) is 7.24. The SMILES string of the molecule is Cc1cc(C)nc(SCCC2CCCC2=O)c1. The third-order valence-corrected chi connectivity index (χ3v) is 4.17. The van der Waals surface area contributed by atoms with Crippen LogP contribution in [-0.2, 0) is 4.79 Å². The van der Waals surface area contributed by atoms with E-state index < -0.39 is 0 Å². The number of ketones is 1. The van der Waals surface area contributed by atoms with Crippen molar-refractivity contribution in [1.29, 1.82) is 0 Å². The van der Waals surface area contributed by atoms with Gasteiger partial charge in [0.05, 0.1) is 5.03 Å². The molecule has 2 rings (SSSR count). The third kappa shape index (κ3) is 3.56. The maximum atomic E-state index is 11.5. The van der Waals surface area contributed by atoms with Gasteiger partial charge in [-0.2, -0.15) is 0 Å². The summed E-state index contributed by atoms with van der Waals surface area (Å²) in [5.74, 6) is 1.80. The zero-order valence-electron chi connectivity index (χ0n) is 10.5. The van der Waals surface area contributed by atoms with E-state index in [1.807, 2.05) is 6.92 Å². The predicted molar refractivity (Wildman–Crippen MR) is 71.4 cm³/mol. The fourth-order valence-corrected chi connectivity index (χ4v) is 3.47. The molecule has 0 bridgehead atoms. The number of carbonyl (C=O) groups excluding carboxylic acids is 1. The van der Waals surface area contributed by atoms with Crippen LogP contribution in [0.2, 0.25) is 0 Å². The molecular weight excluding hydrogens is 230 g/mol. The normalized spacial score (nSPS) is 19.9. The zero-order chi connectivity index (χ0) is 12.3. The Hall–Kier alpha value is -0.830. The lowest BCUT2D eigenvalue weighted by molar-refractivity contribution is -0.120. The van der Waals surface area contributed by atoms with Crippen molar-refractivity contribution < 1.29 is 4.79 Å². The molecule has 1 aromatic heterocycles. The number of aromatic nitrogens is 1. The second kappa shape index (κ2) is 5.67. The van der Waals surface area contributed by atoms with Gasteiger partial charge in [-0.15, -0.1) is 11.8 Å². The predicted octanol–water partition coefficient (Wildman–Crippen LogP) is 3.55. The molecule has 1 aliphatic rings. The van der Waals surface area contributed by atoms with E-state index in [-0.39, 0.29) is 0 Å². The van der Waals surface area contributed by atoms with Gasteiger partial charge in [-0.25, -0.2) is 4.98 Å². The first kappa shape index (κ1) is 12.6. The van der Waals surface area contributed by atoms with Gasteiger partial charge < -0.3 is 0 Å². The van der Waals surface area contributed by atoms with Crippen molar-refractivity contribution in [3.05, 3.63) is 23.4 Å². The maximum Gasteiger partial charge on any atom is 0.136 e. The molecule has 92 valence electrons. The molecule has 1 atom stereocenters. The minimum atomic E-state index is 0.327. The van der Waals surface area contributed by atoms with Gasteiger partial charge in [0.2, 0.25) is 0 Å². The molecule has 1 saturated carbocycles. The van der Waals surface area contributed by atoms with E-state index in [0.717, 1.165) is 42.2 Å². The number of nitrogens with zero attached hydrogens (tertiary/aromatic N) is 1. The van der Waals surface area contributed by atoms with Crippen LogP contribution < -0.4 is 0 Å². The van der Waals surface area contributed by atoms with Crippen molar-refractivity contribution in [2.75, 3.05) is 5.75 Å². The third-order valence-electron chi connectivity index (χ3n) is 3.22. The summed E-state index contributed by atoms with van der Waals surface area (Å²) >= 11 is 1.77. The van der Waals surface area contributed by atoms with E-state index in [1.165, 1.54) is 5.56 Å². The van der Waals surface area contributed by atoms with Gasteiger partial charge in [-0.3, -0.25) is 4.79 Å². The summed E-state index contributed by atoms with van der Waals surface area (Å²) < 4.78 is 0. The first-order chi connectivity index (χ1) is 8.15. The molecule has 3 heteroatoms.